The van der Waals surface area contributed by atoms with E-state index in [4.69, 9.17) is 5.73 Å². The van der Waals surface area contributed by atoms with Crippen molar-refractivity contribution < 1.29 is 9.59 Å². The molecule has 0 radical (unpaired) electrons. The highest BCUT2D eigenvalue weighted by atomic mass is 16.2. The summed E-state index contributed by atoms with van der Waals surface area (Å²) in [5.41, 5.74) is 8.60. The molecule has 20 heavy (non-hydrogen) atoms. The van der Waals surface area contributed by atoms with Crippen molar-refractivity contribution in [2.75, 3.05) is 4.90 Å². The van der Waals surface area contributed by atoms with Gasteiger partial charge in [-0.2, -0.15) is 0 Å². The summed E-state index contributed by atoms with van der Waals surface area (Å²) < 4.78 is 0. The van der Waals surface area contributed by atoms with Crippen LogP contribution in [0.5, 0.6) is 0 Å². The lowest BCUT2D eigenvalue weighted by atomic mass is 10.1. The molecular formula is C16H16N2O2. The van der Waals surface area contributed by atoms with E-state index in [1.807, 2.05) is 49.4 Å². The minimum atomic E-state index is -0.572. The molecule has 0 fully saturated rings. The molecule has 2 aromatic rings. The second-order valence-electron chi connectivity index (χ2n) is 4.46. The van der Waals surface area contributed by atoms with E-state index in [2.05, 4.69) is 0 Å². The first kappa shape index (κ1) is 13.8. The Morgan fingerprint density at radius 2 is 1.70 bits per heavy atom. The van der Waals surface area contributed by atoms with Crippen molar-refractivity contribution >= 4 is 23.7 Å². The standard InChI is InChI=1S/C16H16N2O2/c1-12-6-2-4-8-14(12)18(16(17)20)15-9-5-3-7-13(15)10-11-19/h2-9,11H,10H2,1H3,(H2,17,20). The van der Waals surface area contributed by atoms with Gasteiger partial charge in [-0.25, -0.2) is 4.79 Å². The molecule has 0 saturated heterocycles. The van der Waals surface area contributed by atoms with Gasteiger partial charge in [0.25, 0.3) is 0 Å². The van der Waals surface area contributed by atoms with Gasteiger partial charge in [0.2, 0.25) is 0 Å². The summed E-state index contributed by atoms with van der Waals surface area (Å²) in [7, 11) is 0. The van der Waals surface area contributed by atoms with Crippen LogP contribution in [0, 0.1) is 6.92 Å². The third kappa shape index (κ3) is 2.69. The lowest BCUT2D eigenvalue weighted by Crippen LogP contribution is -2.32. The Hall–Kier alpha value is -2.62. The number of urea groups is 1. The first-order chi connectivity index (χ1) is 9.65. The number of benzene rings is 2. The summed E-state index contributed by atoms with van der Waals surface area (Å²) in [6.07, 6.45) is 1.06. The van der Waals surface area contributed by atoms with Crippen LogP contribution in [-0.2, 0) is 11.2 Å². The Labute approximate surface area is 117 Å². The zero-order valence-corrected chi connectivity index (χ0v) is 11.2. The van der Waals surface area contributed by atoms with Gasteiger partial charge in [-0.1, -0.05) is 36.4 Å². The Morgan fingerprint density at radius 3 is 2.30 bits per heavy atom. The summed E-state index contributed by atoms with van der Waals surface area (Å²) in [6.45, 7) is 1.91. The highest BCUT2D eigenvalue weighted by Crippen LogP contribution is 2.30. The molecular weight excluding hydrogens is 252 g/mol. The minimum Gasteiger partial charge on any atom is -0.351 e. The maximum Gasteiger partial charge on any atom is 0.323 e. The molecule has 0 aliphatic heterocycles. The molecule has 0 bridgehead atoms. The number of rotatable bonds is 4. The van der Waals surface area contributed by atoms with Gasteiger partial charge < -0.3 is 10.5 Å². The zero-order valence-electron chi connectivity index (χ0n) is 11.2. The average Bonchev–Trinajstić information content (AvgIpc) is 2.43. The fraction of sp³-hybridized carbons (Fsp3) is 0.125. The molecule has 0 aliphatic rings. The fourth-order valence-electron chi connectivity index (χ4n) is 2.17. The number of hydrogen-bond donors (Lipinski definition) is 1. The number of carbonyl (C=O) groups excluding carboxylic acids is 2. The van der Waals surface area contributed by atoms with Crippen LogP contribution < -0.4 is 10.6 Å². The molecule has 0 spiro atoms. The minimum absolute atomic E-state index is 0.242. The van der Waals surface area contributed by atoms with Gasteiger partial charge in [0.1, 0.15) is 6.29 Å². The number of aldehydes is 1. The van der Waals surface area contributed by atoms with Gasteiger partial charge in [0, 0.05) is 6.42 Å². The summed E-state index contributed by atoms with van der Waals surface area (Å²) in [5.74, 6) is 0. The molecule has 2 N–H and O–H groups in total. The fourth-order valence-corrected chi connectivity index (χ4v) is 2.17. The number of hydrogen-bond acceptors (Lipinski definition) is 2. The van der Waals surface area contributed by atoms with Gasteiger partial charge >= 0.3 is 6.03 Å². The van der Waals surface area contributed by atoms with E-state index in [0.717, 1.165) is 23.1 Å². The highest BCUT2D eigenvalue weighted by Gasteiger charge is 2.19. The number of amides is 2. The summed E-state index contributed by atoms with van der Waals surface area (Å²) in [6, 6.07) is 14.2. The lowest BCUT2D eigenvalue weighted by Gasteiger charge is -2.24. The van der Waals surface area contributed by atoms with Crippen LogP contribution in [0.4, 0.5) is 16.2 Å². The monoisotopic (exact) mass is 268 g/mol. The summed E-state index contributed by atoms with van der Waals surface area (Å²) >= 11 is 0. The number of nitrogens with zero attached hydrogens (tertiary/aromatic N) is 1. The molecule has 4 heteroatoms. The molecule has 0 saturated carbocycles. The number of anilines is 2. The summed E-state index contributed by atoms with van der Waals surface area (Å²) in [5, 5.41) is 0. The Bertz CT molecular complexity index is 638. The van der Waals surface area contributed by atoms with Gasteiger partial charge in [0.15, 0.2) is 0 Å². The SMILES string of the molecule is Cc1ccccc1N(C(N)=O)c1ccccc1CC=O. The van der Waals surface area contributed by atoms with Crippen molar-refractivity contribution in [3.8, 4) is 0 Å². The normalized spacial score (nSPS) is 10.1. The van der Waals surface area contributed by atoms with Gasteiger partial charge in [-0.05, 0) is 30.2 Å². The van der Waals surface area contributed by atoms with Gasteiger partial charge in [0.05, 0.1) is 11.4 Å². The van der Waals surface area contributed by atoms with E-state index >= 15 is 0 Å². The first-order valence-corrected chi connectivity index (χ1v) is 6.32. The van der Waals surface area contributed by atoms with E-state index in [0.29, 0.717) is 5.69 Å². The van der Waals surface area contributed by atoms with Crippen LogP contribution in [0.1, 0.15) is 11.1 Å². The lowest BCUT2D eigenvalue weighted by molar-refractivity contribution is -0.107. The number of nitrogens with two attached hydrogens (primary N) is 1. The maximum atomic E-state index is 11.9. The average molecular weight is 268 g/mol. The van der Waals surface area contributed by atoms with Crippen LogP contribution in [0.15, 0.2) is 48.5 Å². The molecule has 2 rings (SSSR count). The number of para-hydroxylation sites is 2. The van der Waals surface area contributed by atoms with Gasteiger partial charge in [-0.15, -0.1) is 0 Å². The van der Waals surface area contributed by atoms with Crippen LogP contribution in [0.2, 0.25) is 0 Å². The molecule has 4 nitrogen and oxygen atoms in total. The van der Waals surface area contributed by atoms with E-state index in [-0.39, 0.29) is 6.42 Å². The molecule has 0 aliphatic carbocycles. The predicted octanol–water partition coefficient (Wildman–Crippen LogP) is 2.95. The van der Waals surface area contributed by atoms with E-state index in [1.165, 1.54) is 4.90 Å². The molecule has 0 unspecified atom stereocenters. The molecule has 102 valence electrons. The van der Waals surface area contributed by atoms with E-state index < -0.39 is 6.03 Å². The van der Waals surface area contributed by atoms with Crippen molar-refractivity contribution in [3.63, 3.8) is 0 Å². The number of aryl methyl sites for hydroxylation is 1. The maximum absolute atomic E-state index is 11.9. The quantitative estimate of drug-likeness (QED) is 0.866. The molecule has 0 aromatic heterocycles. The molecule has 2 amide bonds. The van der Waals surface area contributed by atoms with Crippen LogP contribution in [0.3, 0.4) is 0 Å². The van der Waals surface area contributed by atoms with Gasteiger partial charge in [-0.3, -0.25) is 4.90 Å². The van der Waals surface area contributed by atoms with Crippen molar-refractivity contribution in [1.29, 1.82) is 0 Å². The summed E-state index contributed by atoms with van der Waals surface area (Å²) in [4.78, 5) is 24.1. The third-order valence-corrected chi connectivity index (χ3v) is 3.11. The van der Waals surface area contributed by atoms with Crippen LogP contribution >= 0.6 is 0 Å². The van der Waals surface area contributed by atoms with Crippen LogP contribution in [-0.4, -0.2) is 12.3 Å². The highest BCUT2D eigenvalue weighted by molar-refractivity contribution is 6.00. The Balaban J connectivity index is 2.58. The topological polar surface area (TPSA) is 63.4 Å². The van der Waals surface area contributed by atoms with Crippen molar-refractivity contribution in [3.05, 3.63) is 59.7 Å². The molecule has 2 aromatic carbocycles. The Morgan fingerprint density at radius 1 is 1.10 bits per heavy atom. The number of primary amides is 1. The number of carbonyl (C=O) groups is 2. The van der Waals surface area contributed by atoms with E-state index in [9.17, 15) is 9.59 Å². The van der Waals surface area contributed by atoms with Crippen molar-refractivity contribution in [2.24, 2.45) is 5.73 Å². The Kier molecular flexibility index (Phi) is 4.15. The zero-order chi connectivity index (χ0) is 14.5. The van der Waals surface area contributed by atoms with Crippen molar-refractivity contribution in [2.45, 2.75) is 13.3 Å². The molecule has 0 atom stereocenters. The first-order valence-electron chi connectivity index (χ1n) is 6.32. The smallest absolute Gasteiger partial charge is 0.323 e. The molecule has 0 heterocycles. The second-order valence-corrected chi connectivity index (χ2v) is 4.46. The van der Waals surface area contributed by atoms with E-state index in [1.54, 1.807) is 6.07 Å². The largest absolute Gasteiger partial charge is 0.351 e. The van der Waals surface area contributed by atoms with Crippen molar-refractivity contribution in [1.82, 2.24) is 0 Å². The predicted molar refractivity (Wildman–Crippen MR) is 79.1 cm³/mol. The van der Waals surface area contributed by atoms with Crippen LogP contribution in [0.25, 0.3) is 0 Å². The second kappa shape index (κ2) is 6.02. The third-order valence-electron chi connectivity index (χ3n) is 3.11.